The molecule has 0 amide bonds. The number of aromatic nitrogens is 1. The summed E-state index contributed by atoms with van der Waals surface area (Å²) in [6.07, 6.45) is 1.48. The number of H-pyrrole nitrogens is 1. The van der Waals surface area contributed by atoms with Crippen LogP contribution in [-0.2, 0) is 6.42 Å². The normalized spacial score (nSPS) is 10.8. The smallest absolute Gasteiger partial charge is 0.341 e. The van der Waals surface area contributed by atoms with Crippen LogP contribution in [0, 0.1) is 5.82 Å². The Balaban J connectivity index is 2.16. The molecular formula is C17H12FNO3. The van der Waals surface area contributed by atoms with Crippen molar-refractivity contribution in [2.45, 2.75) is 6.42 Å². The van der Waals surface area contributed by atoms with Crippen LogP contribution in [0.4, 0.5) is 4.39 Å². The molecule has 0 bridgehead atoms. The van der Waals surface area contributed by atoms with E-state index in [4.69, 9.17) is 5.11 Å². The van der Waals surface area contributed by atoms with Gasteiger partial charge in [-0.2, -0.15) is 0 Å². The molecule has 3 aromatic rings. The Morgan fingerprint density at radius 1 is 1.14 bits per heavy atom. The molecule has 0 aliphatic rings. The van der Waals surface area contributed by atoms with E-state index in [1.165, 1.54) is 12.1 Å². The summed E-state index contributed by atoms with van der Waals surface area (Å²) >= 11 is 0. The van der Waals surface area contributed by atoms with E-state index >= 15 is 0 Å². The maximum Gasteiger partial charge on any atom is 0.341 e. The van der Waals surface area contributed by atoms with Crippen LogP contribution in [-0.4, -0.2) is 16.1 Å². The molecule has 0 radical (unpaired) electrons. The molecule has 22 heavy (non-hydrogen) atoms. The zero-order chi connectivity index (χ0) is 15.7. The van der Waals surface area contributed by atoms with E-state index in [0.717, 1.165) is 11.8 Å². The Morgan fingerprint density at radius 3 is 2.55 bits per heavy atom. The second-order valence-electron chi connectivity index (χ2n) is 5.00. The highest BCUT2D eigenvalue weighted by atomic mass is 19.1. The third-order valence-electron chi connectivity index (χ3n) is 3.48. The molecule has 0 saturated carbocycles. The van der Waals surface area contributed by atoms with Crippen molar-refractivity contribution in [3.05, 3.63) is 81.4 Å². The Hall–Kier alpha value is -2.95. The number of aromatic amines is 1. The van der Waals surface area contributed by atoms with E-state index in [1.807, 2.05) is 30.3 Å². The Morgan fingerprint density at radius 2 is 1.86 bits per heavy atom. The lowest BCUT2D eigenvalue weighted by Gasteiger charge is -2.06. The molecule has 0 atom stereocenters. The highest BCUT2D eigenvalue weighted by Crippen LogP contribution is 2.18. The number of carboxylic acids is 1. The zero-order valence-electron chi connectivity index (χ0n) is 11.5. The first-order valence-electron chi connectivity index (χ1n) is 6.67. The van der Waals surface area contributed by atoms with Crippen molar-refractivity contribution in [1.82, 2.24) is 4.98 Å². The Bertz CT molecular complexity index is 916. The second-order valence-corrected chi connectivity index (χ2v) is 5.00. The van der Waals surface area contributed by atoms with Gasteiger partial charge < -0.3 is 10.1 Å². The summed E-state index contributed by atoms with van der Waals surface area (Å²) in [6, 6.07) is 12.3. The largest absolute Gasteiger partial charge is 0.477 e. The first-order valence-corrected chi connectivity index (χ1v) is 6.67. The fourth-order valence-corrected chi connectivity index (χ4v) is 2.44. The van der Waals surface area contributed by atoms with E-state index in [1.54, 1.807) is 0 Å². The van der Waals surface area contributed by atoms with Gasteiger partial charge in [-0.15, -0.1) is 0 Å². The maximum absolute atomic E-state index is 14.1. The van der Waals surface area contributed by atoms with Crippen LogP contribution in [0.2, 0.25) is 0 Å². The molecule has 0 fully saturated rings. The monoisotopic (exact) mass is 297 g/mol. The summed E-state index contributed by atoms with van der Waals surface area (Å²) in [4.78, 5) is 25.7. The molecule has 0 aliphatic carbocycles. The molecule has 4 nitrogen and oxygen atoms in total. The molecule has 5 heteroatoms. The molecular weight excluding hydrogens is 285 g/mol. The van der Waals surface area contributed by atoms with Gasteiger partial charge in [0.25, 0.3) is 0 Å². The van der Waals surface area contributed by atoms with Crippen LogP contribution in [0.1, 0.15) is 21.5 Å². The van der Waals surface area contributed by atoms with Gasteiger partial charge >= 0.3 is 5.97 Å². The molecule has 2 N–H and O–H groups in total. The molecule has 2 aromatic carbocycles. The van der Waals surface area contributed by atoms with Crippen molar-refractivity contribution in [1.29, 1.82) is 0 Å². The van der Waals surface area contributed by atoms with Gasteiger partial charge in [0.05, 0.1) is 5.52 Å². The number of benzene rings is 2. The summed E-state index contributed by atoms with van der Waals surface area (Å²) in [6.45, 7) is 0. The van der Waals surface area contributed by atoms with Crippen LogP contribution >= 0.6 is 0 Å². The number of halogens is 1. The lowest BCUT2D eigenvalue weighted by molar-refractivity contribution is 0.0695. The highest BCUT2D eigenvalue weighted by molar-refractivity contribution is 5.92. The number of aromatic carboxylic acids is 1. The van der Waals surface area contributed by atoms with Crippen molar-refractivity contribution in [3.8, 4) is 0 Å². The SMILES string of the molecule is O=C(O)c1c[nH]c2c(F)cc(Cc3ccccc3)cc2c1=O. The zero-order valence-corrected chi connectivity index (χ0v) is 11.5. The average Bonchev–Trinajstić information content (AvgIpc) is 2.49. The maximum atomic E-state index is 14.1. The third kappa shape index (κ3) is 2.48. The van der Waals surface area contributed by atoms with E-state index in [2.05, 4.69) is 4.98 Å². The second kappa shape index (κ2) is 5.44. The molecule has 3 rings (SSSR count). The van der Waals surface area contributed by atoms with Gasteiger partial charge in [-0.05, 0) is 29.7 Å². The molecule has 0 aliphatic heterocycles. The van der Waals surface area contributed by atoms with Crippen LogP contribution in [0.15, 0.2) is 53.5 Å². The number of rotatable bonds is 3. The van der Waals surface area contributed by atoms with E-state index < -0.39 is 22.8 Å². The van der Waals surface area contributed by atoms with Crippen molar-refractivity contribution in [2.75, 3.05) is 0 Å². The predicted molar refractivity (Wildman–Crippen MR) is 80.7 cm³/mol. The highest BCUT2D eigenvalue weighted by Gasteiger charge is 2.14. The van der Waals surface area contributed by atoms with E-state index in [-0.39, 0.29) is 10.9 Å². The van der Waals surface area contributed by atoms with Gasteiger partial charge in [-0.1, -0.05) is 30.3 Å². The minimum atomic E-state index is -1.34. The van der Waals surface area contributed by atoms with Gasteiger partial charge in [-0.3, -0.25) is 4.79 Å². The summed E-state index contributed by atoms with van der Waals surface area (Å²) in [5.74, 6) is -1.91. The van der Waals surface area contributed by atoms with Crippen molar-refractivity contribution in [3.63, 3.8) is 0 Å². The summed E-state index contributed by atoms with van der Waals surface area (Å²) < 4.78 is 14.1. The Labute approximate surface area is 124 Å². The number of hydrogen-bond acceptors (Lipinski definition) is 2. The van der Waals surface area contributed by atoms with E-state index in [9.17, 15) is 14.0 Å². The first-order chi connectivity index (χ1) is 10.6. The minimum Gasteiger partial charge on any atom is -0.477 e. The fourth-order valence-electron chi connectivity index (χ4n) is 2.44. The summed E-state index contributed by atoms with van der Waals surface area (Å²) in [7, 11) is 0. The van der Waals surface area contributed by atoms with Gasteiger partial charge in [0.15, 0.2) is 0 Å². The van der Waals surface area contributed by atoms with E-state index in [0.29, 0.717) is 12.0 Å². The number of fused-ring (bicyclic) bond motifs is 1. The van der Waals surface area contributed by atoms with Crippen LogP contribution in [0.25, 0.3) is 10.9 Å². The van der Waals surface area contributed by atoms with Gasteiger partial charge in [0.1, 0.15) is 11.4 Å². The number of carbonyl (C=O) groups is 1. The number of pyridine rings is 1. The minimum absolute atomic E-state index is 0.0202. The van der Waals surface area contributed by atoms with Crippen LogP contribution < -0.4 is 5.43 Å². The summed E-state index contributed by atoms with van der Waals surface area (Å²) in [5, 5.41) is 9.03. The molecule has 110 valence electrons. The number of hydrogen-bond donors (Lipinski definition) is 2. The summed E-state index contributed by atoms with van der Waals surface area (Å²) in [5.41, 5.74) is 0.530. The predicted octanol–water partition coefficient (Wildman–Crippen LogP) is 2.96. The van der Waals surface area contributed by atoms with Crippen LogP contribution in [0.5, 0.6) is 0 Å². The first kappa shape index (κ1) is 14.0. The molecule has 0 saturated heterocycles. The van der Waals surface area contributed by atoms with Crippen molar-refractivity contribution in [2.24, 2.45) is 0 Å². The van der Waals surface area contributed by atoms with Crippen molar-refractivity contribution < 1.29 is 14.3 Å². The van der Waals surface area contributed by atoms with Gasteiger partial charge in [0.2, 0.25) is 5.43 Å². The van der Waals surface area contributed by atoms with Gasteiger partial charge in [-0.25, -0.2) is 9.18 Å². The molecule has 1 aromatic heterocycles. The lowest BCUT2D eigenvalue weighted by Crippen LogP contribution is -2.16. The topological polar surface area (TPSA) is 70.2 Å². The number of carboxylic acid groups (broad SMARTS) is 1. The van der Waals surface area contributed by atoms with Crippen molar-refractivity contribution >= 4 is 16.9 Å². The molecule has 0 unspecified atom stereocenters. The van der Waals surface area contributed by atoms with Gasteiger partial charge in [0, 0.05) is 11.6 Å². The number of nitrogens with one attached hydrogen (secondary N) is 1. The lowest BCUT2D eigenvalue weighted by atomic mass is 10.0. The van der Waals surface area contributed by atoms with Crippen LogP contribution in [0.3, 0.4) is 0 Å². The standard InChI is InChI=1S/C17H12FNO3/c18-14-8-11(6-10-4-2-1-3-5-10)7-12-15(14)19-9-13(16(12)20)17(21)22/h1-5,7-9H,6H2,(H,19,20)(H,21,22). The molecule has 1 heterocycles. The third-order valence-corrected chi connectivity index (χ3v) is 3.48. The quantitative estimate of drug-likeness (QED) is 0.781. The molecule has 0 spiro atoms. The Kier molecular flexibility index (Phi) is 3.47. The average molecular weight is 297 g/mol. The fraction of sp³-hybridized carbons (Fsp3) is 0.0588.